The van der Waals surface area contributed by atoms with E-state index in [0.29, 0.717) is 33.4 Å². The first-order valence-corrected chi connectivity index (χ1v) is 6.98. The summed E-state index contributed by atoms with van der Waals surface area (Å²) in [6.45, 7) is 1.72. The van der Waals surface area contributed by atoms with Crippen LogP contribution in [0, 0.1) is 6.92 Å². The molecule has 2 aromatic heterocycles. The summed E-state index contributed by atoms with van der Waals surface area (Å²) in [5, 5.41) is 11.7. The molecule has 0 aliphatic rings. The molecule has 0 radical (unpaired) electrons. The van der Waals surface area contributed by atoms with E-state index in [4.69, 9.17) is 15.0 Å². The summed E-state index contributed by atoms with van der Waals surface area (Å²) in [5.74, 6) is 7.05. The van der Waals surface area contributed by atoms with Crippen molar-refractivity contribution < 1.29 is 9.15 Å². The number of rotatable bonds is 4. The molecule has 0 saturated carbocycles. The minimum absolute atomic E-state index is 0.305. The highest BCUT2D eigenvalue weighted by molar-refractivity contribution is 7.16. The molecule has 0 saturated heterocycles. The van der Waals surface area contributed by atoms with Gasteiger partial charge in [0, 0.05) is 5.56 Å². The van der Waals surface area contributed by atoms with Gasteiger partial charge < -0.3 is 15.0 Å². The van der Waals surface area contributed by atoms with Crippen molar-refractivity contribution in [3.8, 4) is 5.75 Å². The van der Waals surface area contributed by atoms with Gasteiger partial charge in [-0.2, -0.15) is 5.10 Å². The number of anilines is 1. The van der Waals surface area contributed by atoms with Crippen LogP contribution in [0.4, 0.5) is 5.95 Å². The van der Waals surface area contributed by atoms with Gasteiger partial charge >= 0.3 is 4.94 Å². The monoisotopic (exact) mass is 320 g/mol. The average Bonchev–Trinajstić information content (AvgIpc) is 3.04. The summed E-state index contributed by atoms with van der Waals surface area (Å²) >= 11 is 0.983. The van der Waals surface area contributed by atoms with E-state index in [0.717, 1.165) is 11.3 Å². The standard InChI is InChI=1S/C12H12N6O3S/c1-6-15-17-11(18(6)13)16-14-5-7-3-4-8(20-2)9-10(7)22-12(19)21-9/h3-5H,13H2,1-2H3,(H,16,17). The lowest BCUT2D eigenvalue weighted by Gasteiger charge is -2.02. The molecular weight excluding hydrogens is 308 g/mol. The molecule has 0 spiro atoms. The van der Waals surface area contributed by atoms with Gasteiger partial charge in [0.15, 0.2) is 17.2 Å². The van der Waals surface area contributed by atoms with Crippen LogP contribution in [-0.4, -0.2) is 28.2 Å². The molecule has 0 unspecified atom stereocenters. The van der Waals surface area contributed by atoms with E-state index in [1.54, 1.807) is 19.1 Å². The van der Waals surface area contributed by atoms with Crippen LogP contribution in [0.5, 0.6) is 5.75 Å². The first kappa shape index (κ1) is 14.1. The SMILES string of the molecule is COc1ccc(C=NNc2nnc(C)n2N)c2sc(=O)oc12. The van der Waals surface area contributed by atoms with E-state index < -0.39 is 4.94 Å². The van der Waals surface area contributed by atoms with E-state index in [1.807, 2.05) is 0 Å². The van der Waals surface area contributed by atoms with Gasteiger partial charge in [-0.25, -0.2) is 14.9 Å². The van der Waals surface area contributed by atoms with Crippen LogP contribution in [0.15, 0.2) is 26.4 Å². The molecule has 9 nitrogen and oxygen atoms in total. The summed E-state index contributed by atoms with van der Waals surface area (Å²) < 4.78 is 12.2. The summed E-state index contributed by atoms with van der Waals surface area (Å²) in [6.07, 6.45) is 1.54. The van der Waals surface area contributed by atoms with Crippen LogP contribution in [-0.2, 0) is 0 Å². The van der Waals surface area contributed by atoms with Crippen molar-refractivity contribution >= 4 is 33.8 Å². The van der Waals surface area contributed by atoms with Crippen molar-refractivity contribution in [2.24, 2.45) is 5.10 Å². The van der Waals surface area contributed by atoms with Gasteiger partial charge in [-0.05, 0) is 19.1 Å². The van der Waals surface area contributed by atoms with Crippen molar-refractivity contribution in [3.05, 3.63) is 33.3 Å². The lowest BCUT2D eigenvalue weighted by atomic mass is 10.2. The quantitative estimate of drug-likeness (QED) is 0.416. The molecule has 3 N–H and O–H groups in total. The maximum absolute atomic E-state index is 11.4. The summed E-state index contributed by atoms with van der Waals surface area (Å²) in [6, 6.07) is 3.48. The molecule has 0 amide bonds. The number of aryl methyl sites for hydroxylation is 1. The highest BCUT2D eigenvalue weighted by Crippen LogP contribution is 2.29. The zero-order valence-electron chi connectivity index (χ0n) is 11.7. The lowest BCUT2D eigenvalue weighted by molar-refractivity contribution is 0.408. The minimum atomic E-state index is -0.403. The molecule has 3 aromatic rings. The molecule has 0 aliphatic heterocycles. The number of aromatic nitrogens is 3. The van der Waals surface area contributed by atoms with E-state index in [2.05, 4.69) is 20.7 Å². The van der Waals surface area contributed by atoms with Crippen molar-refractivity contribution in [3.63, 3.8) is 0 Å². The van der Waals surface area contributed by atoms with Crippen molar-refractivity contribution in [2.45, 2.75) is 6.92 Å². The number of nitrogens with one attached hydrogen (secondary N) is 1. The number of nitrogens with two attached hydrogens (primary N) is 1. The van der Waals surface area contributed by atoms with E-state index >= 15 is 0 Å². The van der Waals surface area contributed by atoms with Crippen molar-refractivity contribution in [1.29, 1.82) is 0 Å². The summed E-state index contributed by atoms with van der Waals surface area (Å²) in [4.78, 5) is 11.0. The lowest BCUT2D eigenvalue weighted by Crippen LogP contribution is -2.13. The number of hydrogen-bond donors (Lipinski definition) is 2. The molecular formula is C12H12N6O3S. The maximum Gasteiger partial charge on any atom is 0.396 e. The topological polar surface area (TPSA) is 121 Å². The van der Waals surface area contributed by atoms with Crippen LogP contribution in [0.2, 0.25) is 0 Å². The van der Waals surface area contributed by atoms with Crippen LogP contribution in [0.3, 0.4) is 0 Å². The third-order valence-corrected chi connectivity index (χ3v) is 3.81. The Balaban J connectivity index is 1.92. The number of ether oxygens (including phenoxy) is 1. The van der Waals surface area contributed by atoms with Gasteiger partial charge in [-0.1, -0.05) is 11.3 Å². The van der Waals surface area contributed by atoms with Gasteiger partial charge in [0.1, 0.15) is 0 Å². The molecule has 0 bridgehead atoms. The van der Waals surface area contributed by atoms with Gasteiger partial charge in [0.05, 0.1) is 18.0 Å². The minimum Gasteiger partial charge on any atom is -0.493 e. The molecule has 0 fully saturated rings. The summed E-state index contributed by atoms with van der Waals surface area (Å²) in [7, 11) is 1.51. The second kappa shape index (κ2) is 5.48. The predicted octanol–water partition coefficient (Wildman–Crippen LogP) is 0.923. The Kier molecular flexibility index (Phi) is 3.51. The third-order valence-electron chi connectivity index (χ3n) is 2.93. The van der Waals surface area contributed by atoms with Crippen molar-refractivity contribution in [2.75, 3.05) is 18.4 Å². The third kappa shape index (κ3) is 2.39. The van der Waals surface area contributed by atoms with Crippen LogP contribution < -0.4 is 20.9 Å². The van der Waals surface area contributed by atoms with Gasteiger partial charge in [-0.15, -0.1) is 10.2 Å². The second-order valence-corrected chi connectivity index (χ2v) is 5.23. The zero-order valence-corrected chi connectivity index (χ0v) is 12.5. The first-order chi connectivity index (χ1) is 10.6. The number of methoxy groups -OCH3 is 1. The smallest absolute Gasteiger partial charge is 0.396 e. The fraction of sp³-hybridized carbons (Fsp3) is 0.167. The van der Waals surface area contributed by atoms with Crippen LogP contribution in [0.25, 0.3) is 10.3 Å². The number of fused-ring (bicyclic) bond motifs is 1. The highest BCUT2D eigenvalue weighted by Gasteiger charge is 2.12. The Hall–Kier alpha value is -2.88. The number of benzene rings is 1. The number of nitrogens with zero attached hydrogens (tertiary/aromatic N) is 4. The number of nitrogen functional groups attached to an aromatic ring is 1. The van der Waals surface area contributed by atoms with Gasteiger partial charge in [0.2, 0.25) is 0 Å². The Morgan fingerprint density at radius 1 is 1.50 bits per heavy atom. The van der Waals surface area contributed by atoms with Gasteiger partial charge in [-0.3, -0.25) is 0 Å². The Bertz CT molecular complexity index is 909. The molecule has 0 aliphatic carbocycles. The Morgan fingerprint density at radius 2 is 2.32 bits per heavy atom. The maximum atomic E-state index is 11.4. The molecule has 114 valence electrons. The first-order valence-electron chi connectivity index (χ1n) is 6.17. The average molecular weight is 320 g/mol. The molecule has 10 heteroatoms. The normalized spacial score (nSPS) is 11.4. The number of hydrogen-bond acceptors (Lipinski definition) is 9. The summed E-state index contributed by atoms with van der Waals surface area (Å²) in [5.41, 5.74) is 3.79. The zero-order chi connectivity index (χ0) is 15.7. The van der Waals surface area contributed by atoms with Crippen molar-refractivity contribution in [1.82, 2.24) is 14.9 Å². The van der Waals surface area contributed by atoms with E-state index in [-0.39, 0.29) is 0 Å². The molecule has 2 heterocycles. The fourth-order valence-corrected chi connectivity index (χ4v) is 2.58. The predicted molar refractivity (Wildman–Crippen MR) is 83.0 cm³/mol. The molecule has 1 aromatic carbocycles. The molecule has 3 rings (SSSR count). The second-order valence-electron chi connectivity index (χ2n) is 4.28. The Morgan fingerprint density at radius 3 is 3.00 bits per heavy atom. The largest absolute Gasteiger partial charge is 0.493 e. The highest BCUT2D eigenvalue weighted by atomic mass is 32.1. The fourth-order valence-electron chi connectivity index (χ4n) is 1.82. The van der Waals surface area contributed by atoms with Crippen LogP contribution >= 0.6 is 11.3 Å². The van der Waals surface area contributed by atoms with Gasteiger partial charge in [0.25, 0.3) is 5.95 Å². The van der Waals surface area contributed by atoms with E-state index in [1.165, 1.54) is 18.0 Å². The molecule has 22 heavy (non-hydrogen) atoms. The van der Waals surface area contributed by atoms with E-state index in [9.17, 15) is 4.79 Å². The molecule has 0 atom stereocenters. The Labute approximate surface area is 128 Å². The van der Waals surface area contributed by atoms with Crippen LogP contribution in [0.1, 0.15) is 11.4 Å². The number of hydrazone groups is 1.